The molecule has 1 amide bonds. The van der Waals surface area contributed by atoms with E-state index >= 15 is 0 Å². The first-order valence-electron chi connectivity index (χ1n) is 7.13. The smallest absolute Gasteiger partial charge is 0.257 e. The Labute approximate surface area is 127 Å². The molecule has 0 bridgehead atoms. The third kappa shape index (κ3) is 2.53. The lowest BCUT2D eigenvalue weighted by atomic mass is 10.1. The van der Waals surface area contributed by atoms with Gasteiger partial charge in [0.25, 0.3) is 5.91 Å². The number of carbonyl (C=O) groups is 1. The van der Waals surface area contributed by atoms with Crippen LogP contribution in [-0.4, -0.2) is 10.5 Å². The zero-order chi connectivity index (χ0) is 15.5. The summed E-state index contributed by atoms with van der Waals surface area (Å²) in [5, 5.41) is 3.26. The number of benzene rings is 1. The number of rotatable bonds is 4. The number of aryl methyl sites for hydroxylation is 1. The molecule has 0 saturated heterocycles. The van der Waals surface area contributed by atoms with Gasteiger partial charge in [-0.1, -0.05) is 12.1 Å². The molecule has 0 aliphatic heterocycles. The van der Waals surface area contributed by atoms with Gasteiger partial charge in [0.15, 0.2) is 0 Å². The van der Waals surface area contributed by atoms with Crippen LogP contribution in [-0.2, 0) is 13.1 Å². The summed E-state index contributed by atoms with van der Waals surface area (Å²) in [6.45, 7) is 2.91. The number of hydrogen-bond donors (Lipinski definition) is 1. The number of aromatic nitrogens is 1. The highest BCUT2D eigenvalue weighted by Crippen LogP contribution is 2.11. The van der Waals surface area contributed by atoms with E-state index in [2.05, 4.69) is 5.32 Å². The number of fused-ring (bicyclic) bond motifs is 1. The molecule has 3 aromatic rings. The average Bonchev–Trinajstić information content (AvgIpc) is 3.07. The van der Waals surface area contributed by atoms with E-state index in [9.17, 15) is 9.59 Å². The predicted octanol–water partition coefficient (Wildman–Crippen LogP) is 2.54. The quantitative estimate of drug-likeness (QED) is 0.804. The molecule has 0 radical (unpaired) electrons. The van der Waals surface area contributed by atoms with Gasteiger partial charge in [-0.2, -0.15) is 0 Å². The number of amides is 1. The van der Waals surface area contributed by atoms with Crippen LogP contribution < -0.4 is 10.7 Å². The second-order valence-corrected chi connectivity index (χ2v) is 4.94. The van der Waals surface area contributed by atoms with Crippen molar-refractivity contribution in [3.63, 3.8) is 0 Å². The highest BCUT2D eigenvalue weighted by Gasteiger charge is 2.14. The lowest BCUT2D eigenvalue weighted by molar-refractivity contribution is 0.0946. The Kier molecular flexibility index (Phi) is 3.78. The van der Waals surface area contributed by atoms with Crippen molar-refractivity contribution in [1.82, 2.24) is 9.88 Å². The first-order valence-corrected chi connectivity index (χ1v) is 7.13. The van der Waals surface area contributed by atoms with Crippen LogP contribution in [0.2, 0.25) is 0 Å². The molecular weight excluding hydrogens is 280 g/mol. The Hall–Kier alpha value is -2.82. The third-order valence-electron chi connectivity index (χ3n) is 3.58. The SMILES string of the molecule is CCn1cc(C(=O)NCc2ccco2)c(=O)c2ccccc21. The van der Waals surface area contributed by atoms with Gasteiger partial charge in [0.1, 0.15) is 11.3 Å². The van der Waals surface area contributed by atoms with E-state index in [0.717, 1.165) is 5.52 Å². The van der Waals surface area contributed by atoms with Gasteiger partial charge in [-0.05, 0) is 31.2 Å². The molecule has 0 atom stereocenters. The molecule has 0 aliphatic carbocycles. The molecule has 2 heterocycles. The maximum atomic E-state index is 12.5. The second-order valence-electron chi connectivity index (χ2n) is 4.94. The molecule has 2 aromatic heterocycles. The number of nitrogens with one attached hydrogen (secondary N) is 1. The Morgan fingerprint density at radius 1 is 1.23 bits per heavy atom. The van der Waals surface area contributed by atoms with Gasteiger partial charge in [-0.3, -0.25) is 9.59 Å². The van der Waals surface area contributed by atoms with Gasteiger partial charge in [0.2, 0.25) is 5.43 Å². The van der Waals surface area contributed by atoms with Crippen LogP contribution in [0.1, 0.15) is 23.0 Å². The Morgan fingerprint density at radius 2 is 2.05 bits per heavy atom. The minimum atomic E-state index is -0.394. The Bertz CT molecular complexity index is 863. The molecule has 5 heteroatoms. The van der Waals surface area contributed by atoms with Crippen molar-refractivity contribution in [2.24, 2.45) is 0 Å². The minimum Gasteiger partial charge on any atom is -0.467 e. The summed E-state index contributed by atoms with van der Waals surface area (Å²) in [6, 6.07) is 10.8. The van der Waals surface area contributed by atoms with Crippen LogP contribution in [0, 0.1) is 0 Å². The molecule has 5 nitrogen and oxygen atoms in total. The highest BCUT2D eigenvalue weighted by molar-refractivity contribution is 5.97. The van der Waals surface area contributed by atoms with Gasteiger partial charge in [0, 0.05) is 18.1 Å². The molecule has 112 valence electrons. The number of para-hydroxylation sites is 1. The van der Waals surface area contributed by atoms with E-state index < -0.39 is 5.91 Å². The van der Waals surface area contributed by atoms with Gasteiger partial charge in [0.05, 0.1) is 18.3 Å². The van der Waals surface area contributed by atoms with Gasteiger partial charge >= 0.3 is 0 Å². The molecule has 0 unspecified atom stereocenters. The topological polar surface area (TPSA) is 64.2 Å². The molecule has 0 aliphatic rings. The van der Waals surface area contributed by atoms with Crippen molar-refractivity contribution in [3.8, 4) is 0 Å². The lowest BCUT2D eigenvalue weighted by Gasteiger charge is -2.11. The van der Waals surface area contributed by atoms with E-state index in [1.807, 2.05) is 23.6 Å². The number of hydrogen-bond acceptors (Lipinski definition) is 3. The zero-order valence-corrected chi connectivity index (χ0v) is 12.2. The fourth-order valence-corrected chi connectivity index (χ4v) is 2.44. The van der Waals surface area contributed by atoms with E-state index in [-0.39, 0.29) is 17.5 Å². The van der Waals surface area contributed by atoms with Crippen LogP contribution in [0.5, 0.6) is 0 Å². The van der Waals surface area contributed by atoms with E-state index in [1.54, 1.807) is 36.7 Å². The minimum absolute atomic E-state index is 0.145. The van der Waals surface area contributed by atoms with Crippen molar-refractivity contribution >= 4 is 16.8 Å². The molecular formula is C17H16N2O3. The van der Waals surface area contributed by atoms with Crippen LogP contribution in [0.4, 0.5) is 0 Å². The van der Waals surface area contributed by atoms with Gasteiger partial charge in [-0.25, -0.2) is 0 Å². The second kappa shape index (κ2) is 5.89. The van der Waals surface area contributed by atoms with Crippen LogP contribution in [0.15, 0.2) is 58.1 Å². The van der Waals surface area contributed by atoms with Gasteiger partial charge < -0.3 is 14.3 Å². The molecule has 1 aromatic carbocycles. The molecule has 22 heavy (non-hydrogen) atoms. The number of furan rings is 1. The van der Waals surface area contributed by atoms with E-state index in [1.165, 1.54) is 0 Å². The summed E-state index contributed by atoms with van der Waals surface area (Å²) >= 11 is 0. The molecule has 3 rings (SSSR count). The Balaban J connectivity index is 1.97. The highest BCUT2D eigenvalue weighted by atomic mass is 16.3. The molecule has 0 fully saturated rings. The first-order chi connectivity index (χ1) is 10.7. The van der Waals surface area contributed by atoms with Crippen LogP contribution in [0.25, 0.3) is 10.9 Å². The lowest BCUT2D eigenvalue weighted by Crippen LogP contribution is -2.29. The zero-order valence-electron chi connectivity index (χ0n) is 12.2. The largest absolute Gasteiger partial charge is 0.467 e. The van der Waals surface area contributed by atoms with Gasteiger partial charge in [-0.15, -0.1) is 0 Å². The summed E-state index contributed by atoms with van der Waals surface area (Å²) in [4.78, 5) is 24.8. The van der Waals surface area contributed by atoms with E-state index in [0.29, 0.717) is 17.7 Å². The van der Waals surface area contributed by atoms with Crippen molar-refractivity contribution in [1.29, 1.82) is 0 Å². The van der Waals surface area contributed by atoms with Crippen molar-refractivity contribution in [2.75, 3.05) is 0 Å². The summed E-state index contributed by atoms with van der Waals surface area (Å²) in [7, 11) is 0. The van der Waals surface area contributed by atoms with Crippen LogP contribution in [0.3, 0.4) is 0 Å². The Morgan fingerprint density at radius 3 is 2.77 bits per heavy atom. The number of carbonyl (C=O) groups excluding carboxylic acids is 1. The molecule has 0 spiro atoms. The fourth-order valence-electron chi connectivity index (χ4n) is 2.44. The number of nitrogens with zero attached hydrogens (tertiary/aromatic N) is 1. The van der Waals surface area contributed by atoms with Crippen molar-refractivity contribution in [2.45, 2.75) is 20.0 Å². The monoisotopic (exact) mass is 296 g/mol. The summed E-state index contributed by atoms with van der Waals surface area (Å²) < 4.78 is 7.07. The first kappa shape index (κ1) is 14.1. The maximum absolute atomic E-state index is 12.5. The maximum Gasteiger partial charge on any atom is 0.257 e. The fraction of sp³-hybridized carbons (Fsp3) is 0.176. The average molecular weight is 296 g/mol. The van der Waals surface area contributed by atoms with Crippen molar-refractivity contribution < 1.29 is 9.21 Å². The van der Waals surface area contributed by atoms with Crippen molar-refractivity contribution in [3.05, 3.63) is 70.4 Å². The third-order valence-corrected chi connectivity index (χ3v) is 3.58. The summed E-state index contributed by atoms with van der Waals surface area (Å²) in [5.74, 6) is 0.249. The normalized spacial score (nSPS) is 10.8. The standard InChI is InChI=1S/C17H16N2O3/c1-2-19-11-14(16(20)13-7-3-4-8-15(13)19)17(21)18-10-12-6-5-9-22-12/h3-9,11H,2,10H2,1H3,(H,18,21). The summed E-state index contributed by atoms with van der Waals surface area (Å²) in [6.07, 6.45) is 3.16. The molecule has 0 saturated carbocycles. The van der Waals surface area contributed by atoms with Crippen LogP contribution >= 0.6 is 0 Å². The summed E-state index contributed by atoms with van der Waals surface area (Å²) in [5.41, 5.74) is 0.724. The van der Waals surface area contributed by atoms with E-state index in [4.69, 9.17) is 4.42 Å². The number of pyridine rings is 1. The predicted molar refractivity (Wildman–Crippen MR) is 83.8 cm³/mol. The molecule has 1 N–H and O–H groups in total.